The lowest BCUT2D eigenvalue weighted by atomic mass is 10.0. The maximum Gasteiger partial charge on any atom is 0.193 e. The van der Waals surface area contributed by atoms with Crippen molar-refractivity contribution in [3.8, 4) is 0 Å². The number of nitrogens with one attached hydrogen (secondary N) is 1. The molecule has 1 saturated heterocycles. The number of aliphatic imine (C=N–C) groups is 1. The van der Waals surface area contributed by atoms with Gasteiger partial charge in [0.05, 0.1) is 19.8 Å². The smallest absolute Gasteiger partial charge is 0.193 e. The van der Waals surface area contributed by atoms with Gasteiger partial charge in [0.1, 0.15) is 0 Å². The zero-order valence-electron chi connectivity index (χ0n) is 16.7. The zero-order chi connectivity index (χ0) is 19.1. The Morgan fingerprint density at radius 2 is 1.82 bits per heavy atom. The number of hydrogen-bond donors (Lipinski definition) is 2. The van der Waals surface area contributed by atoms with Crippen LogP contribution in [-0.2, 0) is 17.8 Å². The van der Waals surface area contributed by atoms with E-state index in [9.17, 15) is 0 Å². The number of anilines is 1. The predicted octanol–water partition coefficient (Wildman–Crippen LogP) is 4.19. The molecule has 3 rings (SSSR count). The van der Waals surface area contributed by atoms with Gasteiger partial charge >= 0.3 is 0 Å². The molecule has 0 radical (unpaired) electrons. The molecule has 0 aromatic heterocycles. The van der Waals surface area contributed by atoms with E-state index in [-0.39, 0.29) is 24.0 Å². The molecule has 28 heavy (non-hydrogen) atoms. The first-order valence-electron chi connectivity index (χ1n) is 9.65. The Kier molecular flexibility index (Phi) is 9.21. The lowest BCUT2D eigenvalue weighted by Crippen LogP contribution is -2.35. The second-order valence-electron chi connectivity index (χ2n) is 7.32. The molecule has 0 saturated carbocycles. The summed E-state index contributed by atoms with van der Waals surface area (Å²) in [4.78, 5) is 6.92. The molecule has 0 aliphatic carbocycles. The quantitative estimate of drug-likeness (QED) is 0.359. The fourth-order valence-corrected chi connectivity index (χ4v) is 3.18. The van der Waals surface area contributed by atoms with E-state index >= 15 is 0 Å². The van der Waals surface area contributed by atoms with E-state index in [2.05, 4.69) is 65.5 Å². The average Bonchev–Trinajstić information content (AvgIpc) is 2.68. The first-order chi connectivity index (χ1) is 13.1. The van der Waals surface area contributed by atoms with Crippen molar-refractivity contribution in [1.82, 2.24) is 4.90 Å². The number of hydrogen-bond acceptors (Lipinski definition) is 3. The van der Waals surface area contributed by atoms with Gasteiger partial charge in [-0.1, -0.05) is 50.2 Å². The number of nitrogens with two attached hydrogens (primary N) is 1. The number of morpholine rings is 1. The number of halogens is 1. The molecular weight excluding hydrogens is 463 g/mol. The van der Waals surface area contributed by atoms with Gasteiger partial charge in [-0.2, -0.15) is 0 Å². The third kappa shape index (κ3) is 7.07. The molecule has 0 spiro atoms. The monoisotopic (exact) mass is 494 g/mol. The van der Waals surface area contributed by atoms with Crippen LogP contribution in [0.25, 0.3) is 0 Å². The first kappa shape index (κ1) is 22.6. The maximum atomic E-state index is 6.08. The molecule has 6 heteroatoms. The molecule has 0 bridgehead atoms. The van der Waals surface area contributed by atoms with Crippen molar-refractivity contribution < 1.29 is 4.74 Å². The summed E-state index contributed by atoms with van der Waals surface area (Å²) < 4.78 is 5.41. The Bertz CT molecular complexity index is 773. The van der Waals surface area contributed by atoms with Gasteiger partial charge in [0.15, 0.2) is 5.96 Å². The molecule has 1 aliphatic rings. The Labute approximate surface area is 185 Å². The SMILES string of the molecule is CC(C)c1cccc(NC(N)=NCc2cccc(CN3CCOCC3)c2)c1.I. The number of rotatable bonds is 6. The number of ether oxygens (including phenoxy) is 1. The standard InChI is InChI=1S/C22H30N4O.HI/c1-17(2)20-7-4-8-21(14-20)25-22(23)24-15-18-5-3-6-19(13-18)16-26-9-11-27-12-10-26;/h3-8,13-14,17H,9-12,15-16H2,1-2H3,(H3,23,24,25);1H. The summed E-state index contributed by atoms with van der Waals surface area (Å²) in [7, 11) is 0. The Balaban J connectivity index is 0.00000280. The molecule has 152 valence electrons. The lowest BCUT2D eigenvalue weighted by Gasteiger charge is -2.26. The van der Waals surface area contributed by atoms with Crippen LogP contribution in [0, 0.1) is 0 Å². The number of guanidine groups is 1. The molecule has 3 N–H and O–H groups in total. The highest BCUT2D eigenvalue weighted by Crippen LogP contribution is 2.18. The molecule has 0 amide bonds. The third-order valence-corrected chi connectivity index (χ3v) is 4.76. The van der Waals surface area contributed by atoms with E-state index in [1.807, 2.05) is 12.1 Å². The van der Waals surface area contributed by atoms with Crippen LogP contribution < -0.4 is 11.1 Å². The molecule has 1 heterocycles. The minimum absolute atomic E-state index is 0. The first-order valence-corrected chi connectivity index (χ1v) is 9.65. The zero-order valence-corrected chi connectivity index (χ0v) is 19.1. The van der Waals surface area contributed by atoms with Gasteiger partial charge in [-0.05, 0) is 34.7 Å². The second kappa shape index (κ2) is 11.4. The summed E-state index contributed by atoms with van der Waals surface area (Å²) in [6, 6.07) is 16.9. The van der Waals surface area contributed by atoms with Crippen molar-refractivity contribution in [1.29, 1.82) is 0 Å². The van der Waals surface area contributed by atoms with Gasteiger partial charge < -0.3 is 15.8 Å². The van der Waals surface area contributed by atoms with Crippen LogP contribution >= 0.6 is 24.0 Å². The van der Waals surface area contributed by atoms with E-state index in [4.69, 9.17) is 10.5 Å². The molecule has 0 unspecified atom stereocenters. The van der Waals surface area contributed by atoms with Crippen LogP contribution in [0.5, 0.6) is 0 Å². The highest BCUT2D eigenvalue weighted by molar-refractivity contribution is 14.0. The van der Waals surface area contributed by atoms with Crippen molar-refractivity contribution in [3.05, 3.63) is 65.2 Å². The summed E-state index contributed by atoms with van der Waals surface area (Å²) in [6.07, 6.45) is 0. The predicted molar refractivity (Wildman–Crippen MR) is 127 cm³/mol. The largest absolute Gasteiger partial charge is 0.379 e. The van der Waals surface area contributed by atoms with E-state index in [1.165, 1.54) is 16.7 Å². The van der Waals surface area contributed by atoms with E-state index in [0.717, 1.165) is 38.5 Å². The highest BCUT2D eigenvalue weighted by Gasteiger charge is 2.10. The number of nitrogens with zero attached hydrogens (tertiary/aromatic N) is 2. The van der Waals surface area contributed by atoms with Gasteiger partial charge in [0, 0.05) is 25.3 Å². The number of benzene rings is 2. The van der Waals surface area contributed by atoms with Crippen LogP contribution in [0.3, 0.4) is 0 Å². The van der Waals surface area contributed by atoms with Crippen LogP contribution in [0.1, 0.15) is 36.5 Å². The van der Waals surface area contributed by atoms with Gasteiger partial charge in [-0.3, -0.25) is 4.90 Å². The fraction of sp³-hybridized carbons (Fsp3) is 0.409. The normalized spacial score (nSPS) is 15.3. The second-order valence-corrected chi connectivity index (χ2v) is 7.32. The molecule has 1 fully saturated rings. The topological polar surface area (TPSA) is 62.9 Å². The van der Waals surface area contributed by atoms with E-state index in [0.29, 0.717) is 18.4 Å². The highest BCUT2D eigenvalue weighted by atomic mass is 127. The third-order valence-electron chi connectivity index (χ3n) is 4.76. The van der Waals surface area contributed by atoms with E-state index in [1.54, 1.807) is 0 Å². The lowest BCUT2D eigenvalue weighted by molar-refractivity contribution is 0.0342. The molecule has 5 nitrogen and oxygen atoms in total. The van der Waals surface area contributed by atoms with Crippen molar-refractivity contribution in [2.75, 3.05) is 31.6 Å². The molecule has 0 atom stereocenters. The molecule has 1 aliphatic heterocycles. The van der Waals surface area contributed by atoms with Crippen LogP contribution in [0.15, 0.2) is 53.5 Å². The average molecular weight is 494 g/mol. The van der Waals surface area contributed by atoms with Crippen LogP contribution in [0.4, 0.5) is 5.69 Å². The molecule has 2 aromatic carbocycles. The van der Waals surface area contributed by atoms with Crippen LogP contribution in [0.2, 0.25) is 0 Å². The summed E-state index contributed by atoms with van der Waals surface area (Å²) in [5.41, 5.74) is 10.8. The van der Waals surface area contributed by atoms with Gasteiger partial charge in [-0.25, -0.2) is 4.99 Å². The minimum Gasteiger partial charge on any atom is -0.379 e. The van der Waals surface area contributed by atoms with Crippen molar-refractivity contribution in [2.45, 2.75) is 32.9 Å². The van der Waals surface area contributed by atoms with Crippen LogP contribution in [-0.4, -0.2) is 37.2 Å². The van der Waals surface area contributed by atoms with Gasteiger partial charge in [0.25, 0.3) is 0 Å². The Morgan fingerprint density at radius 3 is 2.57 bits per heavy atom. The van der Waals surface area contributed by atoms with Crippen molar-refractivity contribution in [3.63, 3.8) is 0 Å². The minimum atomic E-state index is 0. The van der Waals surface area contributed by atoms with Gasteiger partial charge in [0.2, 0.25) is 0 Å². The summed E-state index contributed by atoms with van der Waals surface area (Å²) >= 11 is 0. The van der Waals surface area contributed by atoms with E-state index < -0.39 is 0 Å². The molecule has 2 aromatic rings. The summed E-state index contributed by atoms with van der Waals surface area (Å²) in [5.74, 6) is 0.925. The summed E-state index contributed by atoms with van der Waals surface area (Å²) in [5, 5.41) is 3.19. The fourth-order valence-electron chi connectivity index (χ4n) is 3.18. The van der Waals surface area contributed by atoms with Crippen molar-refractivity contribution >= 4 is 35.6 Å². The Morgan fingerprint density at radius 1 is 1.11 bits per heavy atom. The Hall–Kier alpha value is -1.64. The van der Waals surface area contributed by atoms with Crippen molar-refractivity contribution in [2.24, 2.45) is 10.7 Å². The van der Waals surface area contributed by atoms with Gasteiger partial charge in [-0.15, -0.1) is 24.0 Å². The summed E-state index contributed by atoms with van der Waals surface area (Å²) in [6.45, 7) is 9.52. The molecular formula is C22H31IN4O. The maximum absolute atomic E-state index is 6.08.